The van der Waals surface area contributed by atoms with E-state index in [1.54, 1.807) is 11.3 Å². The normalized spacial score (nSPS) is 12.3. The molecule has 0 spiro atoms. The minimum absolute atomic E-state index is 0.508. The predicted octanol–water partition coefficient (Wildman–Crippen LogP) is 4.68. The summed E-state index contributed by atoms with van der Waals surface area (Å²) >= 11 is 8.38. The lowest BCUT2D eigenvalue weighted by atomic mass is 9.95. The lowest BCUT2D eigenvalue weighted by Gasteiger charge is -2.13. The smallest absolute Gasteiger partial charge is 0.311 e. The van der Waals surface area contributed by atoms with Crippen LogP contribution in [0.5, 0.6) is 0 Å². The molecule has 0 bridgehead atoms. The molecule has 5 heteroatoms. The van der Waals surface area contributed by atoms with E-state index in [0.717, 1.165) is 18.7 Å². The van der Waals surface area contributed by atoms with Gasteiger partial charge < -0.3 is 5.11 Å². The molecule has 2 aromatic rings. The number of hydrogen-bond acceptors (Lipinski definition) is 2. The second-order valence-electron chi connectivity index (χ2n) is 3.82. The van der Waals surface area contributed by atoms with E-state index in [-0.39, 0.29) is 0 Å². The lowest BCUT2D eigenvalue weighted by molar-refractivity contribution is -0.138. The van der Waals surface area contributed by atoms with Gasteiger partial charge in [-0.2, -0.15) is 0 Å². The number of carbonyl (C=O) groups is 1. The van der Waals surface area contributed by atoms with Crippen LogP contribution in [-0.2, 0) is 11.2 Å². The first-order chi connectivity index (χ1) is 8.58. The predicted molar refractivity (Wildman–Crippen MR) is 80.2 cm³/mol. The Morgan fingerprint density at radius 2 is 1.94 bits per heavy atom. The zero-order chi connectivity index (χ0) is 13.1. The molecule has 1 unspecified atom stereocenters. The SMILES string of the molecule is O=C(O)C(Cc1ccc(Br)s1)c1ccccc1Br. The Bertz CT molecular complexity index is 566. The van der Waals surface area contributed by atoms with Gasteiger partial charge in [-0.3, -0.25) is 4.79 Å². The highest BCUT2D eigenvalue weighted by Gasteiger charge is 2.22. The Hall–Kier alpha value is -0.650. The van der Waals surface area contributed by atoms with Crippen LogP contribution in [0.2, 0.25) is 0 Å². The van der Waals surface area contributed by atoms with Crippen LogP contribution in [-0.4, -0.2) is 11.1 Å². The molecular formula is C13H10Br2O2S. The molecule has 18 heavy (non-hydrogen) atoms. The first-order valence-corrected chi connectivity index (χ1v) is 7.69. The maximum atomic E-state index is 11.4. The van der Waals surface area contributed by atoms with Crippen molar-refractivity contribution in [3.63, 3.8) is 0 Å². The summed E-state index contributed by atoms with van der Waals surface area (Å²) in [5, 5.41) is 9.39. The number of hydrogen-bond donors (Lipinski definition) is 1. The van der Waals surface area contributed by atoms with Gasteiger partial charge in [-0.1, -0.05) is 34.1 Å². The number of halogens is 2. The van der Waals surface area contributed by atoms with Crippen molar-refractivity contribution < 1.29 is 9.90 Å². The Morgan fingerprint density at radius 1 is 1.22 bits per heavy atom. The van der Waals surface area contributed by atoms with Gasteiger partial charge in [0.15, 0.2) is 0 Å². The molecule has 0 saturated heterocycles. The summed E-state index contributed by atoms with van der Waals surface area (Å²) in [5.41, 5.74) is 0.814. The van der Waals surface area contributed by atoms with Crippen LogP contribution >= 0.6 is 43.2 Å². The van der Waals surface area contributed by atoms with E-state index in [2.05, 4.69) is 31.9 Å². The fraction of sp³-hybridized carbons (Fsp3) is 0.154. The highest BCUT2D eigenvalue weighted by atomic mass is 79.9. The van der Waals surface area contributed by atoms with Gasteiger partial charge >= 0.3 is 5.97 Å². The van der Waals surface area contributed by atoms with Crippen LogP contribution in [0.3, 0.4) is 0 Å². The molecule has 0 aliphatic rings. The fourth-order valence-corrected chi connectivity index (χ4v) is 3.84. The molecule has 0 saturated carbocycles. The third-order valence-corrected chi connectivity index (χ3v) is 4.98. The number of rotatable bonds is 4. The van der Waals surface area contributed by atoms with Crippen molar-refractivity contribution in [2.75, 3.05) is 0 Å². The number of thiophene rings is 1. The standard InChI is InChI=1S/C13H10Br2O2S/c14-11-4-2-1-3-9(11)10(13(16)17)7-8-5-6-12(15)18-8/h1-6,10H,7H2,(H,16,17). The van der Waals surface area contributed by atoms with E-state index < -0.39 is 11.9 Å². The summed E-state index contributed by atoms with van der Waals surface area (Å²) in [5.74, 6) is -1.32. The third kappa shape index (κ3) is 3.22. The van der Waals surface area contributed by atoms with Crippen LogP contribution in [0.1, 0.15) is 16.4 Å². The number of carboxylic acids is 1. The summed E-state index contributed by atoms with van der Waals surface area (Å²) in [4.78, 5) is 12.5. The van der Waals surface area contributed by atoms with Gasteiger partial charge in [0.2, 0.25) is 0 Å². The van der Waals surface area contributed by atoms with Crippen molar-refractivity contribution in [2.45, 2.75) is 12.3 Å². The largest absolute Gasteiger partial charge is 0.481 e. The monoisotopic (exact) mass is 388 g/mol. The topological polar surface area (TPSA) is 37.3 Å². The first kappa shape index (κ1) is 13.8. The average molecular weight is 390 g/mol. The zero-order valence-corrected chi connectivity index (χ0v) is 13.3. The molecule has 1 atom stereocenters. The van der Waals surface area contributed by atoms with E-state index in [0.29, 0.717) is 6.42 Å². The third-order valence-electron chi connectivity index (χ3n) is 2.61. The molecular weight excluding hydrogens is 380 g/mol. The van der Waals surface area contributed by atoms with Crippen molar-refractivity contribution in [3.05, 3.63) is 55.1 Å². The zero-order valence-electron chi connectivity index (χ0n) is 9.27. The van der Waals surface area contributed by atoms with E-state index >= 15 is 0 Å². The molecule has 0 aliphatic carbocycles. The van der Waals surface area contributed by atoms with E-state index in [4.69, 9.17) is 0 Å². The molecule has 0 fully saturated rings. The van der Waals surface area contributed by atoms with Gasteiger partial charge in [0.1, 0.15) is 0 Å². The molecule has 2 nitrogen and oxygen atoms in total. The minimum Gasteiger partial charge on any atom is -0.481 e. The summed E-state index contributed by atoms with van der Waals surface area (Å²) in [6.45, 7) is 0. The van der Waals surface area contributed by atoms with Crippen LogP contribution in [0.25, 0.3) is 0 Å². The summed E-state index contributed by atoms with van der Waals surface area (Å²) < 4.78 is 1.86. The fourth-order valence-electron chi connectivity index (χ4n) is 1.75. The second kappa shape index (κ2) is 5.99. The van der Waals surface area contributed by atoms with Crippen molar-refractivity contribution in [1.29, 1.82) is 0 Å². The molecule has 0 aliphatic heterocycles. The van der Waals surface area contributed by atoms with Gasteiger partial charge in [-0.25, -0.2) is 0 Å². The second-order valence-corrected chi connectivity index (χ2v) is 7.22. The van der Waals surface area contributed by atoms with Gasteiger partial charge in [0, 0.05) is 9.35 Å². The Balaban J connectivity index is 2.30. The van der Waals surface area contributed by atoms with Crippen LogP contribution < -0.4 is 0 Å². The summed E-state index contributed by atoms with van der Waals surface area (Å²) in [6, 6.07) is 11.4. The Kier molecular flexibility index (Phi) is 4.59. The molecule has 1 aromatic carbocycles. The minimum atomic E-state index is -0.800. The van der Waals surface area contributed by atoms with Crippen LogP contribution in [0.4, 0.5) is 0 Å². The molecule has 1 N–H and O–H groups in total. The Labute approximate surface area is 126 Å². The average Bonchev–Trinajstić information content (AvgIpc) is 2.73. The highest BCUT2D eigenvalue weighted by Crippen LogP contribution is 2.31. The van der Waals surface area contributed by atoms with Crippen LogP contribution in [0, 0.1) is 0 Å². The van der Waals surface area contributed by atoms with Crippen molar-refractivity contribution in [1.82, 2.24) is 0 Å². The molecule has 94 valence electrons. The van der Waals surface area contributed by atoms with Crippen LogP contribution in [0.15, 0.2) is 44.7 Å². The Morgan fingerprint density at radius 3 is 2.50 bits per heavy atom. The van der Waals surface area contributed by atoms with Gasteiger partial charge in [0.25, 0.3) is 0 Å². The quantitative estimate of drug-likeness (QED) is 0.823. The van der Waals surface area contributed by atoms with Gasteiger partial charge in [-0.15, -0.1) is 11.3 Å². The summed E-state index contributed by atoms with van der Waals surface area (Å²) in [6.07, 6.45) is 0.508. The molecule has 1 aromatic heterocycles. The summed E-state index contributed by atoms with van der Waals surface area (Å²) in [7, 11) is 0. The van der Waals surface area contributed by atoms with E-state index in [9.17, 15) is 9.90 Å². The van der Waals surface area contributed by atoms with E-state index in [1.165, 1.54) is 0 Å². The number of carboxylic acid groups (broad SMARTS) is 1. The number of benzene rings is 1. The maximum absolute atomic E-state index is 11.4. The van der Waals surface area contributed by atoms with Gasteiger partial charge in [-0.05, 0) is 46.1 Å². The maximum Gasteiger partial charge on any atom is 0.311 e. The lowest BCUT2D eigenvalue weighted by Crippen LogP contribution is -2.14. The van der Waals surface area contributed by atoms with Crippen molar-refractivity contribution in [3.8, 4) is 0 Å². The van der Waals surface area contributed by atoms with Gasteiger partial charge in [0.05, 0.1) is 9.70 Å². The molecule has 0 radical (unpaired) electrons. The molecule has 1 heterocycles. The van der Waals surface area contributed by atoms with Crippen molar-refractivity contribution >= 4 is 49.2 Å². The molecule has 0 amide bonds. The highest BCUT2D eigenvalue weighted by molar-refractivity contribution is 9.11. The molecule has 2 rings (SSSR count). The number of aliphatic carboxylic acids is 1. The first-order valence-electron chi connectivity index (χ1n) is 5.29. The van der Waals surface area contributed by atoms with E-state index in [1.807, 2.05) is 36.4 Å². The van der Waals surface area contributed by atoms with Crippen molar-refractivity contribution in [2.24, 2.45) is 0 Å².